The van der Waals surface area contributed by atoms with Crippen molar-refractivity contribution in [2.45, 2.75) is 30.5 Å². The van der Waals surface area contributed by atoms with E-state index in [0.717, 1.165) is 24.4 Å². The molecule has 0 aliphatic carbocycles. The third-order valence-electron chi connectivity index (χ3n) is 3.41. The maximum absolute atomic E-state index is 12.5. The van der Waals surface area contributed by atoms with Crippen LogP contribution in [0.3, 0.4) is 0 Å². The Morgan fingerprint density at radius 2 is 2.12 bits per heavy atom. The molecule has 0 radical (unpaired) electrons. The number of nitrogens with zero attached hydrogens (tertiary/aromatic N) is 2. The molecule has 0 atom stereocenters. The van der Waals surface area contributed by atoms with Gasteiger partial charge in [-0.25, -0.2) is 8.42 Å². The zero-order valence-corrected chi connectivity index (χ0v) is 13.2. The van der Waals surface area contributed by atoms with E-state index in [1.54, 1.807) is 12.1 Å². The van der Waals surface area contributed by atoms with Gasteiger partial charge in [0, 0.05) is 6.20 Å². The van der Waals surface area contributed by atoms with Crippen molar-refractivity contribution < 1.29 is 26.3 Å². The van der Waals surface area contributed by atoms with Crippen molar-refractivity contribution in [1.82, 2.24) is 9.78 Å². The molecule has 10 heteroatoms. The number of anilines is 1. The summed E-state index contributed by atoms with van der Waals surface area (Å²) in [6.07, 6.45) is -0.911. The number of alkyl halides is 3. The number of hydrogen-bond donors (Lipinski definition) is 1. The summed E-state index contributed by atoms with van der Waals surface area (Å²) in [6, 6.07) is 4.79. The molecule has 24 heavy (non-hydrogen) atoms. The van der Waals surface area contributed by atoms with Crippen LogP contribution < -0.4 is 9.46 Å². The highest BCUT2D eigenvalue weighted by molar-refractivity contribution is 7.92. The number of fused-ring (bicyclic) bond motifs is 1. The first-order valence-corrected chi connectivity index (χ1v) is 8.60. The third-order valence-corrected chi connectivity index (χ3v) is 4.82. The highest BCUT2D eigenvalue weighted by Gasteiger charge is 2.29. The normalized spacial score (nSPS) is 14.8. The minimum atomic E-state index is -4.44. The van der Waals surface area contributed by atoms with Crippen molar-refractivity contribution >= 4 is 15.7 Å². The van der Waals surface area contributed by atoms with E-state index in [1.807, 2.05) is 0 Å². The fraction of sp³-hybridized carbons (Fsp3) is 0.357. The number of rotatable bonds is 4. The highest BCUT2D eigenvalue weighted by Crippen LogP contribution is 2.33. The van der Waals surface area contributed by atoms with Crippen LogP contribution in [0.15, 0.2) is 35.5 Å². The van der Waals surface area contributed by atoms with Crippen molar-refractivity contribution in [2.75, 3.05) is 11.3 Å². The average molecular weight is 361 g/mol. The van der Waals surface area contributed by atoms with Gasteiger partial charge in [0.15, 0.2) is 0 Å². The Morgan fingerprint density at radius 3 is 2.88 bits per heavy atom. The highest BCUT2D eigenvalue weighted by atomic mass is 32.2. The van der Waals surface area contributed by atoms with Gasteiger partial charge in [0.25, 0.3) is 10.0 Å². The molecule has 1 aromatic heterocycles. The summed E-state index contributed by atoms with van der Waals surface area (Å²) in [5, 5.41) is 3.51. The zero-order valence-electron chi connectivity index (χ0n) is 12.4. The second kappa shape index (κ2) is 6.00. The van der Waals surface area contributed by atoms with Crippen molar-refractivity contribution in [3.05, 3.63) is 36.2 Å². The number of hydrogen-bond acceptors (Lipinski definition) is 4. The molecule has 0 spiro atoms. The van der Waals surface area contributed by atoms with E-state index in [2.05, 4.69) is 9.82 Å². The quantitative estimate of drug-likeness (QED) is 0.908. The number of halogens is 3. The maximum Gasteiger partial charge on any atom is 0.408 e. The van der Waals surface area contributed by atoms with Crippen LogP contribution in [-0.2, 0) is 23.0 Å². The second-order valence-electron chi connectivity index (χ2n) is 5.34. The summed E-state index contributed by atoms with van der Waals surface area (Å²) in [7, 11) is -3.99. The summed E-state index contributed by atoms with van der Waals surface area (Å²) in [4.78, 5) is -0.0386. The second-order valence-corrected chi connectivity index (χ2v) is 6.99. The van der Waals surface area contributed by atoms with E-state index in [9.17, 15) is 21.6 Å². The molecule has 0 fully saturated rings. The predicted octanol–water partition coefficient (Wildman–Crippen LogP) is 2.57. The molecule has 0 saturated carbocycles. The van der Waals surface area contributed by atoms with Gasteiger partial charge < -0.3 is 4.74 Å². The van der Waals surface area contributed by atoms with Crippen LogP contribution in [-0.4, -0.2) is 31.0 Å². The van der Waals surface area contributed by atoms with Gasteiger partial charge in [0.2, 0.25) is 0 Å². The van der Waals surface area contributed by atoms with Gasteiger partial charge in [0.1, 0.15) is 17.2 Å². The lowest BCUT2D eigenvalue weighted by Crippen LogP contribution is -2.18. The molecule has 3 rings (SSSR count). The van der Waals surface area contributed by atoms with E-state index >= 15 is 0 Å². The molecular formula is C14H14F3N3O3S. The smallest absolute Gasteiger partial charge is 0.408 e. The van der Waals surface area contributed by atoms with E-state index < -0.39 is 22.7 Å². The Hall–Kier alpha value is -2.23. The standard InChI is InChI=1S/C14H14F3N3O3S/c15-14(16,17)9-20-8-11(7-18-20)19-24(21,22)12-5-1-3-10-4-2-6-23-13(10)12/h1,3,5,7-8,19H,2,4,6,9H2. The molecule has 1 N–H and O–H groups in total. The summed E-state index contributed by atoms with van der Waals surface area (Å²) < 4.78 is 70.3. The van der Waals surface area contributed by atoms with Crippen molar-refractivity contribution in [1.29, 1.82) is 0 Å². The number of aryl methyl sites for hydroxylation is 1. The first-order valence-electron chi connectivity index (χ1n) is 7.11. The molecule has 0 unspecified atom stereocenters. The Balaban J connectivity index is 1.85. The van der Waals surface area contributed by atoms with Crippen LogP contribution in [0.2, 0.25) is 0 Å². The monoisotopic (exact) mass is 361 g/mol. The predicted molar refractivity (Wildman–Crippen MR) is 79.3 cm³/mol. The molecule has 130 valence electrons. The van der Waals surface area contributed by atoms with Gasteiger partial charge in [-0.05, 0) is 24.5 Å². The number of benzene rings is 1. The van der Waals surface area contributed by atoms with Gasteiger partial charge in [-0.1, -0.05) is 12.1 Å². The molecule has 0 saturated heterocycles. The van der Waals surface area contributed by atoms with Gasteiger partial charge >= 0.3 is 6.18 Å². The summed E-state index contributed by atoms with van der Waals surface area (Å²) in [5.41, 5.74) is 0.740. The Kier molecular flexibility index (Phi) is 4.16. The van der Waals surface area contributed by atoms with Crippen LogP contribution in [0.25, 0.3) is 0 Å². The van der Waals surface area contributed by atoms with Crippen LogP contribution in [0.4, 0.5) is 18.9 Å². The molecule has 1 aromatic carbocycles. The zero-order chi connectivity index (χ0) is 17.4. The fourth-order valence-corrected chi connectivity index (χ4v) is 3.68. The van der Waals surface area contributed by atoms with E-state index in [-0.39, 0.29) is 10.6 Å². The molecule has 1 aliphatic rings. The molecule has 0 bridgehead atoms. The number of para-hydroxylation sites is 1. The lowest BCUT2D eigenvalue weighted by Gasteiger charge is -2.20. The lowest BCUT2D eigenvalue weighted by atomic mass is 10.1. The maximum atomic E-state index is 12.5. The van der Waals surface area contributed by atoms with E-state index in [1.165, 1.54) is 6.07 Å². The van der Waals surface area contributed by atoms with Gasteiger partial charge in [-0.2, -0.15) is 18.3 Å². The molecule has 1 aliphatic heterocycles. The molecule has 2 aromatic rings. The summed E-state index contributed by atoms with van der Waals surface area (Å²) in [6.45, 7) is -0.873. The number of ether oxygens (including phenoxy) is 1. The molecule has 6 nitrogen and oxygen atoms in total. The fourth-order valence-electron chi connectivity index (χ4n) is 2.47. The Bertz CT molecular complexity index is 846. The van der Waals surface area contributed by atoms with Crippen molar-refractivity contribution in [3.63, 3.8) is 0 Å². The minimum Gasteiger partial charge on any atom is -0.492 e. The van der Waals surface area contributed by atoms with Crippen LogP contribution in [0.5, 0.6) is 5.75 Å². The average Bonchev–Trinajstić information content (AvgIpc) is 2.90. The summed E-state index contributed by atoms with van der Waals surface area (Å²) in [5.74, 6) is 0.291. The summed E-state index contributed by atoms with van der Waals surface area (Å²) >= 11 is 0. The molecule has 2 heterocycles. The lowest BCUT2D eigenvalue weighted by molar-refractivity contribution is -0.142. The van der Waals surface area contributed by atoms with Gasteiger partial charge in [-0.15, -0.1) is 0 Å². The van der Waals surface area contributed by atoms with Crippen LogP contribution in [0.1, 0.15) is 12.0 Å². The number of sulfonamides is 1. The minimum absolute atomic E-state index is 0.0386. The Morgan fingerprint density at radius 1 is 1.33 bits per heavy atom. The SMILES string of the molecule is O=S(=O)(Nc1cnn(CC(F)(F)F)c1)c1cccc2c1OCCC2. The third kappa shape index (κ3) is 3.64. The van der Waals surface area contributed by atoms with Crippen LogP contribution in [0, 0.1) is 0 Å². The van der Waals surface area contributed by atoms with E-state index in [4.69, 9.17) is 4.74 Å². The van der Waals surface area contributed by atoms with Crippen molar-refractivity contribution in [2.24, 2.45) is 0 Å². The topological polar surface area (TPSA) is 73.2 Å². The molecule has 0 amide bonds. The van der Waals surface area contributed by atoms with Gasteiger partial charge in [0.05, 0.1) is 18.5 Å². The first-order chi connectivity index (χ1) is 11.2. The van der Waals surface area contributed by atoms with Gasteiger partial charge in [-0.3, -0.25) is 9.40 Å². The first kappa shape index (κ1) is 16.6. The number of nitrogens with one attached hydrogen (secondary N) is 1. The largest absolute Gasteiger partial charge is 0.492 e. The number of aromatic nitrogens is 2. The van der Waals surface area contributed by atoms with Crippen molar-refractivity contribution in [3.8, 4) is 5.75 Å². The van der Waals surface area contributed by atoms with E-state index in [0.29, 0.717) is 23.5 Å². The molecular weight excluding hydrogens is 347 g/mol. The van der Waals surface area contributed by atoms with Crippen LogP contribution >= 0.6 is 0 Å². The Labute approximate surface area is 136 Å².